The van der Waals surface area contributed by atoms with Gasteiger partial charge in [0.05, 0.1) is 5.52 Å². The Kier molecular flexibility index (Phi) is 4.55. The van der Waals surface area contributed by atoms with Crippen molar-refractivity contribution in [2.45, 2.75) is 38.4 Å². The predicted molar refractivity (Wildman–Crippen MR) is 84.7 cm³/mol. The van der Waals surface area contributed by atoms with Gasteiger partial charge in [-0.15, -0.1) is 0 Å². The first-order chi connectivity index (χ1) is 10.3. The molecule has 0 saturated heterocycles. The summed E-state index contributed by atoms with van der Waals surface area (Å²) in [4.78, 5) is 16.6. The molecule has 2 rings (SSSR count). The van der Waals surface area contributed by atoms with E-state index in [4.69, 9.17) is 0 Å². The van der Waals surface area contributed by atoms with Crippen LogP contribution in [0.3, 0.4) is 0 Å². The lowest BCUT2D eigenvalue weighted by atomic mass is 10.0. The first-order valence-corrected chi connectivity index (χ1v) is 9.12. The Morgan fingerprint density at radius 1 is 1.36 bits per heavy atom. The number of hydrogen-bond acceptors (Lipinski definition) is 4. The molecule has 0 aliphatic rings. The molecule has 2 aromatic rings. The van der Waals surface area contributed by atoms with Gasteiger partial charge in [0.1, 0.15) is 0 Å². The number of aromatic nitrogens is 2. The molecule has 0 aliphatic carbocycles. The van der Waals surface area contributed by atoms with Crippen LogP contribution in [-0.4, -0.2) is 36.0 Å². The Balaban J connectivity index is 2.50. The van der Waals surface area contributed by atoms with E-state index in [0.29, 0.717) is 5.52 Å². The Morgan fingerprint density at radius 3 is 2.59 bits per heavy atom. The van der Waals surface area contributed by atoms with Crippen molar-refractivity contribution in [2.75, 3.05) is 6.26 Å². The molecule has 7 heteroatoms. The first kappa shape index (κ1) is 16.5. The normalized spacial score (nSPS) is 13.5. The number of pyridine rings is 1. The summed E-state index contributed by atoms with van der Waals surface area (Å²) in [5.41, 5.74) is 0.624. The summed E-state index contributed by atoms with van der Waals surface area (Å²) in [6.45, 7) is 6.06. The minimum absolute atomic E-state index is 0.0228. The predicted octanol–water partition coefficient (Wildman–Crippen LogP) is 1.90. The molecule has 120 valence electrons. The second kappa shape index (κ2) is 6.08. The zero-order valence-corrected chi connectivity index (χ0v) is 14.0. The number of nitrogens with zero attached hydrogens (tertiary/aromatic N) is 2. The standard InChI is InChI=1S/C15H21N3O3S/c1-5-11(10(2)3)16-14(19)13-12-8-6-7-9-18(12)15(17-13)22(4,20)21/h6-11H,5H2,1-4H3,(H,16,19). The Morgan fingerprint density at radius 2 is 2.05 bits per heavy atom. The van der Waals surface area contributed by atoms with E-state index in [2.05, 4.69) is 10.3 Å². The zero-order valence-electron chi connectivity index (χ0n) is 13.2. The van der Waals surface area contributed by atoms with E-state index < -0.39 is 9.84 Å². The van der Waals surface area contributed by atoms with Gasteiger partial charge in [-0.25, -0.2) is 13.4 Å². The number of nitrogens with one attached hydrogen (secondary N) is 1. The van der Waals surface area contributed by atoms with Crippen molar-refractivity contribution in [2.24, 2.45) is 5.92 Å². The molecule has 1 amide bonds. The molecule has 1 unspecified atom stereocenters. The van der Waals surface area contributed by atoms with Crippen LogP contribution in [0.2, 0.25) is 0 Å². The highest BCUT2D eigenvalue weighted by Crippen LogP contribution is 2.17. The Hall–Kier alpha value is -1.89. The maximum atomic E-state index is 12.5. The molecule has 6 nitrogen and oxygen atoms in total. The number of imidazole rings is 1. The molecule has 1 N–H and O–H groups in total. The van der Waals surface area contributed by atoms with Crippen LogP contribution in [0.5, 0.6) is 0 Å². The minimum Gasteiger partial charge on any atom is -0.348 e. The lowest BCUT2D eigenvalue weighted by Gasteiger charge is -2.20. The number of rotatable bonds is 5. The van der Waals surface area contributed by atoms with Crippen LogP contribution in [0, 0.1) is 5.92 Å². The smallest absolute Gasteiger partial charge is 0.272 e. The Labute approximate surface area is 130 Å². The van der Waals surface area contributed by atoms with Crippen LogP contribution >= 0.6 is 0 Å². The van der Waals surface area contributed by atoms with E-state index in [1.54, 1.807) is 24.4 Å². The molecule has 0 radical (unpaired) electrons. The zero-order chi connectivity index (χ0) is 16.5. The fraction of sp³-hybridized carbons (Fsp3) is 0.467. The molecule has 2 aromatic heterocycles. The molecule has 0 fully saturated rings. The van der Waals surface area contributed by atoms with Crippen LogP contribution in [0.1, 0.15) is 37.7 Å². The summed E-state index contributed by atoms with van der Waals surface area (Å²) in [7, 11) is -3.52. The number of fused-ring (bicyclic) bond motifs is 1. The molecule has 0 saturated carbocycles. The van der Waals surface area contributed by atoms with Gasteiger partial charge in [-0.1, -0.05) is 26.8 Å². The van der Waals surface area contributed by atoms with Crippen LogP contribution in [0.25, 0.3) is 5.52 Å². The fourth-order valence-corrected chi connectivity index (χ4v) is 3.19. The number of hydrogen-bond donors (Lipinski definition) is 1. The summed E-state index contributed by atoms with van der Waals surface area (Å²) in [5.74, 6) is -0.0589. The van der Waals surface area contributed by atoms with Crippen molar-refractivity contribution >= 4 is 21.3 Å². The van der Waals surface area contributed by atoms with Crippen LogP contribution in [0.15, 0.2) is 29.6 Å². The maximum absolute atomic E-state index is 12.5. The second-order valence-electron chi connectivity index (χ2n) is 5.70. The Bertz CT molecular complexity index is 793. The van der Waals surface area contributed by atoms with E-state index in [1.807, 2.05) is 20.8 Å². The highest BCUT2D eigenvalue weighted by atomic mass is 32.2. The van der Waals surface area contributed by atoms with Gasteiger partial charge in [0, 0.05) is 18.5 Å². The molecule has 0 aliphatic heterocycles. The lowest BCUT2D eigenvalue weighted by Crippen LogP contribution is -2.38. The van der Waals surface area contributed by atoms with Gasteiger partial charge in [0.2, 0.25) is 15.0 Å². The molecular weight excluding hydrogens is 302 g/mol. The second-order valence-corrected chi connectivity index (χ2v) is 7.61. The molecular formula is C15H21N3O3S. The molecule has 1 atom stereocenters. The third-order valence-corrected chi connectivity index (χ3v) is 4.58. The van der Waals surface area contributed by atoms with Crippen molar-refractivity contribution < 1.29 is 13.2 Å². The summed E-state index contributed by atoms with van der Waals surface area (Å²) in [5, 5.41) is 2.81. The fourth-order valence-electron chi connectivity index (χ4n) is 2.42. The number of carbonyl (C=O) groups excluding carboxylic acids is 1. The molecule has 0 bridgehead atoms. The highest BCUT2D eigenvalue weighted by molar-refractivity contribution is 7.90. The third kappa shape index (κ3) is 3.14. The number of sulfone groups is 1. The van der Waals surface area contributed by atoms with Crippen LogP contribution in [-0.2, 0) is 9.84 Å². The topological polar surface area (TPSA) is 80.5 Å². The van der Waals surface area contributed by atoms with Crippen LogP contribution < -0.4 is 5.32 Å². The summed E-state index contributed by atoms with van der Waals surface area (Å²) in [6, 6.07) is 5.16. The number of amides is 1. The third-order valence-electron chi connectivity index (χ3n) is 3.62. The SMILES string of the molecule is CCC(NC(=O)c1nc(S(C)(=O)=O)n2ccccc12)C(C)C. The van der Waals surface area contributed by atoms with Crippen molar-refractivity contribution in [3.63, 3.8) is 0 Å². The maximum Gasteiger partial charge on any atom is 0.272 e. The van der Waals surface area contributed by atoms with E-state index in [0.717, 1.165) is 12.7 Å². The van der Waals surface area contributed by atoms with E-state index in [1.165, 1.54) is 4.40 Å². The molecule has 0 spiro atoms. The van der Waals surface area contributed by atoms with E-state index >= 15 is 0 Å². The summed E-state index contributed by atoms with van der Waals surface area (Å²) >= 11 is 0. The molecule has 22 heavy (non-hydrogen) atoms. The average Bonchev–Trinajstić information content (AvgIpc) is 2.83. The van der Waals surface area contributed by atoms with Gasteiger partial charge < -0.3 is 5.32 Å². The minimum atomic E-state index is -3.52. The molecule has 0 aromatic carbocycles. The van der Waals surface area contributed by atoms with Gasteiger partial charge in [0.25, 0.3) is 5.91 Å². The molecule has 2 heterocycles. The quantitative estimate of drug-likeness (QED) is 0.911. The first-order valence-electron chi connectivity index (χ1n) is 7.23. The monoisotopic (exact) mass is 323 g/mol. The van der Waals surface area contributed by atoms with Gasteiger partial charge in [0.15, 0.2) is 5.69 Å². The highest BCUT2D eigenvalue weighted by Gasteiger charge is 2.24. The van der Waals surface area contributed by atoms with Crippen molar-refractivity contribution in [3.8, 4) is 0 Å². The van der Waals surface area contributed by atoms with E-state index in [-0.39, 0.29) is 28.7 Å². The van der Waals surface area contributed by atoms with Gasteiger partial charge in [-0.2, -0.15) is 0 Å². The van der Waals surface area contributed by atoms with Gasteiger partial charge in [-0.05, 0) is 24.5 Å². The van der Waals surface area contributed by atoms with Gasteiger partial charge >= 0.3 is 0 Å². The summed E-state index contributed by atoms with van der Waals surface area (Å²) < 4.78 is 25.1. The summed E-state index contributed by atoms with van der Waals surface area (Å²) in [6.07, 6.45) is 3.47. The van der Waals surface area contributed by atoms with E-state index in [9.17, 15) is 13.2 Å². The van der Waals surface area contributed by atoms with Gasteiger partial charge in [-0.3, -0.25) is 9.20 Å². The largest absolute Gasteiger partial charge is 0.348 e. The number of carbonyl (C=O) groups is 1. The lowest BCUT2D eigenvalue weighted by molar-refractivity contribution is 0.0921. The van der Waals surface area contributed by atoms with Crippen molar-refractivity contribution in [3.05, 3.63) is 30.1 Å². The van der Waals surface area contributed by atoms with Crippen molar-refractivity contribution in [1.82, 2.24) is 14.7 Å². The average molecular weight is 323 g/mol. The van der Waals surface area contributed by atoms with Crippen molar-refractivity contribution in [1.29, 1.82) is 0 Å². The van der Waals surface area contributed by atoms with Crippen LogP contribution in [0.4, 0.5) is 0 Å².